The molecule has 1 aromatic rings. The van der Waals surface area contributed by atoms with Crippen LogP contribution in [0.25, 0.3) is 0 Å². The monoisotopic (exact) mass is 241 g/mol. The van der Waals surface area contributed by atoms with E-state index in [1.54, 1.807) is 0 Å². The minimum Gasteiger partial charge on any atom is -0.381 e. The first-order valence-electron chi connectivity index (χ1n) is 5.31. The molecule has 16 heavy (non-hydrogen) atoms. The number of hydrogen-bond donors (Lipinski definition) is 2. The number of aromatic nitrogens is 1. The largest absolute Gasteiger partial charge is 0.381 e. The molecule has 88 valence electrons. The SMILES string of the molecule is Cc1csc(NC(=O)NC2CCOCC2)n1. The van der Waals surface area contributed by atoms with Gasteiger partial charge in [0, 0.05) is 24.6 Å². The van der Waals surface area contributed by atoms with Crippen molar-refractivity contribution in [1.29, 1.82) is 0 Å². The van der Waals surface area contributed by atoms with Gasteiger partial charge in [0.1, 0.15) is 0 Å². The molecule has 1 aromatic heterocycles. The van der Waals surface area contributed by atoms with Gasteiger partial charge in [0.25, 0.3) is 0 Å². The molecular weight excluding hydrogens is 226 g/mol. The van der Waals surface area contributed by atoms with Crippen molar-refractivity contribution >= 4 is 22.5 Å². The Hall–Kier alpha value is -1.14. The Labute approximate surface area is 98.2 Å². The van der Waals surface area contributed by atoms with E-state index < -0.39 is 0 Å². The van der Waals surface area contributed by atoms with Gasteiger partial charge in [0.2, 0.25) is 0 Å². The van der Waals surface area contributed by atoms with Crippen molar-refractivity contribution in [3.8, 4) is 0 Å². The second-order valence-electron chi connectivity index (χ2n) is 3.78. The van der Waals surface area contributed by atoms with Crippen LogP contribution in [0.5, 0.6) is 0 Å². The number of nitrogens with one attached hydrogen (secondary N) is 2. The first-order chi connectivity index (χ1) is 7.74. The minimum absolute atomic E-state index is 0.179. The third-order valence-electron chi connectivity index (χ3n) is 2.40. The Morgan fingerprint density at radius 1 is 1.56 bits per heavy atom. The third-order valence-corrected chi connectivity index (χ3v) is 3.27. The molecule has 0 aliphatic carbocycles. The Bertz CT molecular complexity index is 361. The summed E-state index contributed by atoms with van der Waals surface area (Å²) in [6, 6.07) is 0.0380. The minimum atomic E-state index is -0.179. The summed E-state index contributed by atoms with van der Waals surface area (Å²) in [6.07, 6.45) is 1.76. The van der Waals surface area contributed by atoms with E-state index >= 15 is 0 Å². The third kappa shape index (κ3) is 3.18. The summed E-state index contributed by atoms with van der Waals surface area (Å²) in [5.41, 5.74) is 0.923. The van der Waals surface area contributed by atoms with Crippen molar-refractivity contribution < 1.29 is 9.53 Å². The van der Waals surface area contributed by atoms with Gasteiger partial charge in [-0.05, 0) is 19.8 Å². The maximum Gasteiger partial charge on any atom is 0.321 e. The fourth-order valence-electron chi connectivity index (χ4n) is 1.57. The van der Waals surface area contributed by atoms with Gasteiger partial charge in [-0.25, -0.2) is 9.78 Å². The van der Waals surface area contributed by atoms with Crippen LogP contribution < -0.4 is 10.6 Å². The Kier molecular flexibility index (Phi) is 3.74. The Balaban J connectivity index is 1.79. The van der Waals surface area contributed by atoms with E-state index in [1.807, 2.05) is 12.3 Å². The van der Waals surface area contributed by atoms with Crippen LogP contribution in [0.1, 0.15) is 18.5 Å². The Morgan fingerprint density at radius 2 is 2.31 bits per heavy atom. The Morgan fingerprint density at radius 3 is 2.94 bits per heavy atom. The summed E-state index contributed by atoms with van der Waals surface area (Å²) in [5, 5.41) is 8.19. The van der Waals surface area contributed by atoms with Gasteiger partial charge >= 0.3 is 6.03 Å². The normalized spacial score (nSPS) is 17.1. The fraction of sp³-hybridized carbons (Fsp3) is 0.600. The first kappa shape index (κ1) is 11.3. The number of ether oxygens (including phenoxy) is 1. The number of aryl methyl sites for hydroxylation is 1. The van der Waals surface area contributed by atoms with Gasteiger partial charge < -0.3 is 10.1 Å². The lowest BCUT2D eigenvalue weighted by Gasteiger charge is -2.22. The molecule has 0 atom stereocenters. The molecule has 1 fully saturated rings. The summed E-state index contributed by atoms with van der Waals surface area (Å²) in [4.78, 5) is 15.8. The number of hydrogen-bond acceptors (Lipinski definition) is 4. The highest BCUT2D eigenvalue weighted by Crippen LogP contribution is 2.14. The predicted octanol–water partition coefficient (Wildman–Crippen LogP) is 1.75. The average Bonchev–Trinajstić information content (AvgIpc) is 2.65. The molecule has 1 saturated heterocycles. The van der Waals surface area contributed by atoms with Crippen LogP contribution in [0.3, 0.4) is 0 Å². The lowest BCUT2D eigenvalue weighted by atomic mass is 10.1. The number of urea groups is 1. The van der Waals surface area contributed by atoms with E-state index in [0.29, 0.717) is 5.13 Å². The van der Waals surface area contributed by atoms with Crippen LogP contribution >= 0.6 is 11.3 Å². The van der Waals surface area contributed by atoms with E-state index in [0.717, 1.165) is 31.7 Å². The van der Waals surface area contributed by atoms with Crippen LogP contribution in [-0.4, -0.2) is 30.3 Å². The van der Waals surface area contributed by atoms with Crippen molar-refractivity contribution in [3.63, 3.8) is 0 Å². The highest BCUT2D eigenvalue weighted by atomic mass is 32.1. The van der Waals surface area contributed by atoms with Gasteiger partial charge in [-0.2, -0.15) is 0 Å². The van der Waals surface area contributed by atoms with Crippen molar-refractivity contribution in [2.24, 2.45) is 0 Å². The maximum atomic E-state index is 11.6. The molecule has 0 radical (unpaired) electrons. The summed E-state index contributed by atoms with van der Waals surface area (Å²) in [6.45, 7) is 3.35. The molecule has 2 heterocycles. The summed E-state index contributed by atoms with van der Waals surface area (Å²) in [5.74, 6) is 0. The van der Waals surface area contributed by atoms with E-state index in [9.17, 15) is 4.79 Å². The lowest BCUT2D eigenvalue weighted by Crippen LogP contribution is -2.41. The number of thiazole rings is 1. The molecular formula is C10H15N3O2S. The molecule has 1 aliphatic rings. The highest BCUT2D eigenvalue weighted by molar-refractivity contribution is 7.13. The smallest absolute Gasteiger partial charge is 0.321 e. The van der Waals surface area contributed by atoms with Gasteiger partial charge in [-0.3, -0.25) is 5.32 Å². The second kappa shape index (κ2) is 5.27. The first-order valence-corrected chi connectivity index (χ1v) is 6.19. The molecule has 0 saturated carbocycles. The molecule has 0 unspecified atom stereocenters. The van der Waals surface area contributed by atoms with Crippen molar-refractivity contribution in [2.75, 3.05) is 18.5 Å². The molecule has 0 spiro atoms. The number of nitrogens with zero attached hydrogens (tertiary/aromatic N) is 1. The average molecular weight is 241 g/mol. The topological polar surface area (TPSA) is 63.2 Å². The maximum absolute atomic E-state index is 11.6. The van der Waals surface area contributed by atoms with E-state index in [4.69, 9.17) is 4.74 Å². The van der Waals surface area contributed by atoms with Crippen LogP contribution in [0.4, 0.5) is 9.93 Å². The highest BCUT2D eigenvalue weighted by Gasteiger charge is 2.16. The number of carbonyl (C=O) groups excluding carboxylic acids is 1. The van der Waals surface area contributed by atoms with Gasteiger partial charge in [0.05, 0.1) is 5.69 Å². The predicted molar refractivity (Wildman–Crippen MR) is 62.8 cm³/mol. The number of amides is 2. The van der Waals surface area contributed by atoms with Crippen LogP contribution in [0.15, 0.2) is 5.38 Å². The molecule has 0 bridgehead atoms. The summed E-state index contributed by atoms with van der Waals surface area (Å²) < 4.78 is 5.22. The molecule has 2 amide bonds. The molecule has 0 aromatic carbocycles. The molecule has 5 nitrogen and oxygen atoms in total. The van der Waals surface area contributed by atoms with Gasteiger partial charge in [0.15, 0.2) is 5.13 Å². The number of anilines is 1. The van der Waals surface area contributed by atoms with Crippen LogP contribution in [0.2, 0.25) is 0 Å². The van der Waals surface area contributed by atoms with Crippen LogP contribution in [-0.2, 0) is 4.74 Å². The zero-order chi connectivity index (χ0) is 11.4. The quantitative estimate of drug-likeness (QED) is 0.829. The molecule has 6 heteroatoms. The van der Waals surface area contributed by atoms with Gasteiger partial charge in [-0.1, -0.05) is 0 Å². The molecule has 2 rings (SSSR count). The molecule has 2 N–H and O–H groups in total. The fourth-order valence-corrected chi connectivity index (χ4v) is 2.26. The second-order valence-corrected chi connectivity index (χ2v) is 4.64. The number of carbonyl (C=O) groups is 1. The van der Waals surface area contributed by atoms with Gasteiger partial charge in [-0.15, -0.1) is 11.3 Å². The van der Waals surface area contributed by atoms with E-state index in [-0.39, 0.29) is 12.1 Å². The van der Waals surface area contributed by atoms with E-state index in [2.05, 4.69) is 15.6 Å². The zero-order valence-electron chi connectivity index (χ0n) is 9.16. The summed E-state index contributed by atoms with van der Waals surface area (Å²) >= 11 is 1.43. The van der Waals surface area contributed by atoms with Crippen LogP contribution in [0, 0.1) is 6.92 Å². The van der Waals surface area contributed by atoms with Crippen molar-refractivity contribution in [3.05, 3.63) is 11.1 Å². The van der Waals surface area contributed by atoms with E-state index in [1.165, 1.54) is 11.3 Å². The lowest BCUT2D eigenvalue weighted by molar-refractivity contribution is 0.0806. The van der Waals surface area contributed by atoms with Crippen molar-refractivity contribution in [2.45, 2.75) is 25.8 Å². The van der Waals surface area contributed by atoms with Crippen molar-refractivity contribution in [1.82, 2.24) is 10.3 Å². The number of rotatable bonds is 2. The summed E-state index contributed by atoms with van der Waals surface area (Å²) in [7, 11) is 0. The molecule has 1 aliphatic heterocycles. The zero-order valence-corrected chi connectivity index (χ0v) is 9.97. The standard InChI is InChI=1S/C10H15N3O2S/c1-7-6-16-10(11-7)13-9(14)12-8-2-4-15-5-3-8/h6,8H,2-5H2,1H3,(H2,11,12,13,14).